The highest BCUT2D eigenvalue weighted by molar-refractivity contribution is 5.91. The smallest absolute Gasteiger partial charge is 0.383 e. The maximum atomic E-state index is 12.0. The van der Waals surface area contributed by atoms with E-state index in [1.54, 1.807) is 12.1 Å². The number of phenolic OH excluding ortho intramolecular Hbond substituents is 1. The van der Waals surface area contributed by atoms with Gasteiger partial charge in [-0.1, -0.05) is 23.3 Å². The van der Waals surface area contributed by atoms with Crippen LogP contribution in [0.15, 0.2) is 50.7 Å². The molecule has 1 heterocycles. The first-order valence-electron chi connectivity index (χ1n) is 8.18. The monoisotopic (exact) mass is 344 g/mol. The summed E-state index contributed by atoms with van der Waals surface area (Å²) in [6.07, 6.45) is 6.06. The van der Waals surface area contributed by atoms with Crippen LogP contribution in [0, 0.1) is 0 Å². The van der Waals surface area contributed by atoms with E-state index in [0.29, 0.717) is 5.39 Å². The molecule has 2 rings (SSSR count). The molecule has 2 aromatic rings. The van der Waals surface area contributed by atoms with E-state index < -0.39 is 5.63 Å². The summed E-state index contributed by atoms with van der Waals surface area (Å²) in [5.74, 6) is 0.114. The van der Waals surface area contributed by atoms with Crippen molar-refractivity contribution >= 4 is 11.0 Å². The standard InChI is InChI=1S/C20H24O5/c1-13(2)7-5-8-14(3)11-12-24-18-17-15(21)9-6-10-16(17)25-20(22)19(18)23-4/h6-7,9-11,21H,5,8,12H2,1-4H3/b14-11+. The van der Waals surface area contributed by atoms with Crippen LogP contribution < -0.4 is 15.1 Å². The van der Waals surface area contributed by atoms with Crippen LogP contribution in [0.3, 0.4) is 0 Å². The summed E-state index contributed by atoms with van der Waals surface area (Å²) in [6.45, 7) is 6.46. The van der Waals surface area contributed by atoms with E-state index in [1.165, 1.54) is 24.3 Å². The molecule has 25 heavy (non-hydrogen) atoms. The quantitative estimate of drug-likeness (QED) is 0.588. The van der Waals surface area contributed by atoms with E-state index in [4.69, 9.17) is 13.9 Å². The zero-order valence-electron chi connectivity index (χ0n) is 15.1. The van der Waals surface area contributed by atoms with Gasteiger partial charge in [0, 0.05) is 0 Å². The van der Waals surface area contributed by atoms with Crippen molar-refractivity contribution < 1.29 is 19.0 Å². The van der Waals surface area contributed by atoms with E-state index in [-0.39, 0.29) is 29.4 Å². The largest absolute Gasteiger partial charge is 0.507 e. The maximum absolute atomic E-state index is 12.0. The number of benzene rings is 1. The lowest BCUT2D eigenvalue weighted by Crippen LogP contribution is -2.08. The summed E-state index contributed by atoms with van der Waals surface area (Å²) in [5.41, 5.74) is 2.10. The second-order valence-electron chi connectivity index (χ2n) is 6.08. The molecule has 0 spiro atoms. The molecule has 0 aliphatic heterocycles. The molecule has 0 aliphatic rings. The average Bonchev–Trinajstić information content (AvgIpc) is 2.54. The fourth-order valence-electron chi connectivity index (χ4n) is 2.46. The number of phenols is 1. The summed E-state index contributed by atoms with van der Waals surface area (Å²) >= 11 is 0. The fourth-order valence-corrected chi connectivity index (χ4v) is 2.46. The van der Waals surface area contributed by atoms with Crippen molar-refractivity contribution in [1.29, 1.82) is 0 Å². The molecular weight excluding hydrogens is 320 g/mol. The predicted molar refractivity (Wildman–Crippen MR) is 98.6 cm³/mol. The van der Waals surface area contributed by atoms with Gasteiger partial charge in [-0.15, -0.1) is 0 Å². The minimum absolute atomic E-state index is 0.0289. The number of allylic oxidation sites excluding steroid dienone is 3. The van der Waals surface area contributed by atoms with Gasteiger partial charge >= 0.3 is 5.63 Å². The van der Waals surface area contributed by atoms with Crippen LogP contribution in [-0.4, -0.2) is 18.8 Å². The highest BCUT2D eigenvalue weighted by Gasteiger charge is 2.19. The van der Waals surface area contributed by atoms with Gasteiger partial charge in [-0.05, 0) is 51.8 Å². The molecule has 0 saturated heterocycles. The Labute approximate surface area is 147 Å². The molecule has 0 unspecified atom stereocenters. The van der Waals surface area contributed by atoms with E-state index in [1.807, 2.05) is 13.0 Å². The molecule has 1 N–H and O–H groups in total. The number of rotatable bonds is 7. The van der Waals surface area contributed by atoms with Gasteiger partial charge in [-0.25, -0.2) is 4.79 Å². The molecule has 0 bridgehead atoms. The van der Waals surface area contributed by atoms with Crippen LogP contribution in [0.5, 0.6) is 17.2 Å². The Bertz CT molecular complexity index is 854. The third-order valence-corrected chi connectivity index (χ3v) is 3.78. The van der Waals surface area contributed by atoms with E-state index in [9.17, 15) is 9.90 Å². The Morgan fingerprint density at radius 2 is 1.96 bits per heavy atom. The van der Waals surface area contributed by atoms with Gasteiger partial charge in [-0.3, -0.25) is 0 Å². The first kappa shape index (κ1) is 18.6. The van der Waals surface area contributed by atoms with Gasteiger partial charge in [0.2, 0.25) is 5.75 Å². The molecule has 5 nitrogen and oxygen atoms in total. The van der Waals surface area contributed by atoms with Crippen molar-refractivity contribution in [3.63, 3.8) is 0 Å². The zero-order valence-corrected chi connectivity index (χ0v) is 15.1. The molecule has 0 atom stereocenters. The molecule has 0 radical (unpaired) electrons. The van der Waals surface area contributed by atoms with E-state index in [0.717, 1.165) is 12.8 Å². The summed E-state index contributed by atoms with van der Waals surface area (Å²) in [4.78, 5) is 12.0. The number of aromatic hydroxyl groups is 1. The van der Waals surface area contributed by atoms with Crippen molar-refractivity contribution in [2.24, 2.45) is 0 Å². The predicted octanol–water partition coefficient (Wildman–Crippen LogP) is 4.58. The van der Waals surface area contributed by atoms with Crippen molar-refractivity contribution in [3.8, 4) is 17.2 Å². The van der Waals surface area contributed by atoms with Gasteiger partial charge in [0.25, 0.3) is 0 Å². The van der Waals surface area contributed by atoms with Crippen LogP contribution in [-0.2, 0) is 0 Å². The van der Waals surface area contributed by atoms with E-state index >= 15 is 0 Å². The topological polar surface area (TPSA) is 68.9 Å². The molecule has 0 amide bonds. The SMILES string of the molecule is COc1c(OC/C=C(\C)CCC=C(C)C)c2c(O)cccc2oc1=O. The summed E-state index contributed by atoms with van der Waals surface area (Å²) in [6, 6.07) is 4.71. The van der Waals surface area contributed by atoms with Gasteiger partial charge < -0.3 is 19.0 Å². The first-order valence-corrected chi connectivity index (χ1v) is 8.18. The fraction of sp³-hybridized carbons (Fsp3) is 0.350. The number of methoxy groups -OCH3 is 1. The summed E-state index contributed by atoms with van der Waals surface area (Å²) in [7, 11) is 1.37. The van der Waals surface area contributed by atoms with Crippen LogP contribution in [0.2, 0.25) is 0 Å². The Morgan fingerprint density at radius 1 is 1.20 bits per heavy atom. The molecule has 0 aliphatic carbocycles. The number of hydrogen-bond donors (Lipinski definition) is 1. The third-order valence-electron chi connectivity index (χ3n) is 3.78. The maximum Gasteiger partial charge on any atom is 0.383 e. The van der Waals surface area contributed by atoms with Crippen LogP contribution in [0.25, 0.3) is 11.0 Å². The number of ether oxygens (including phenoxy) is 2. The highest BCUT2D eigenvalue weighted by Crippen LogP contribution is 2.38. The van der Waals surface area contributed by atoms with Crippen molar-refractivity contribution in [1.82, 2.24) is 0 Å². The first-order chi connectivity index (χ1) is 11.9. The van der Waals surface area contributed by atoms with Crippen LogP contribution >= 0.6 is 0 Å². The zero-order chi connectivity index (χ0) is 18.4. The Morgan fingerprint density at radius 3 is 2.64 bits per heavy atom. The van der Waals surface area contributed by atoms with Crippen LogP contribution in [0.4, 0.5) is 0 Å². The van der Waals surface area contributed by atoms with Crippen molar-refractivity contribution in [2.75, 3.05) is 13.7 Å². The van der Waals surface area contributed by atoms with Gasteiger partial charge in [0.1, 0.15) is 23.3 Å². The molecule has 5 heteroatoms. The lowest BCUT2D eigenvalue weighted by atomic mass is 10.1. The molecular formula is C20H24O5. The second-order valence-corrected chi connectivity index (χ2v) is 6.08. The average molecular weight is 344 g/mol. The molecule has 134 valence electrons. The summed E-state index contributed by atoms with van der Waals surface area (Å²) < 4.78 is 16.0. The van der Waals surface area contributed by atoms with E-state index in [2.05, 4.69) is 19.9 Å². The number of hydrogen-bond acceptors (Lipinski definition) is 5. The van der Waals surface area contributed by atoms with Crippen molar-refractivity contribution in [3.05, 3.63) is 51.9 Å². The van der Waals surface area contributed by atoms with Gasteiger partial charge in [-0.2, -0.15) is 0 Å². The lowest BCUT2D eigenvalue weighted by molar-refractivity contribution is 0.314. The van der Waals surface area contributed by atoms with Gasteiger partial charge in [0.05, 0.1) is 7.11 Å². The number of fused-ring (bicyclic) bond motifs is 1. The highest BCUT2D eigenvalue weighted by atomic mass is 16.5. The molecule has 0 saturated carbocycles. The lowest BCUT2D eigenvalue weighted by Gasteiger charge is -2.12. The minimum Gasteiger partial charge on any atom is -0.507 e. The molecule has 1 aromatic heterocycles. The normalized spacial score (nSPS) is 11.4. The molecule has 1 aromatic carbocycles. The summed E-state index contributed by atoms with van der Waals surface area (Å²) in [5, 5.41) is 10.4. The van der Waals surface area contributed by atoms with Crippen LogP contribution in [0.1, 0.15) is 33.6 Å². The Balaban J connectivity index is 2.25. The third kappa shape index (κ3) is 4.66. The van der Waals surface area contributed by atoms with Crippen molar-refractivity contribution in [2.45, 2.75) is 33.6 Å². The minimum atomic E-state index is -0.639. The van der Waals surface area contributed by atoms with Gasteiger partial charge in [0.15, 0.2) is 5.75 Å². The molecule has 0 fully saturated rings. The Kier molecular flexibility index (Phi) is 6.28. The second kappa shape index (κ2) is 8.42. The Hall–Kier alpha value is -2.69.